The molecule has 0 aromatic rings. The maximum absolute atomic E-state index is 5.80. The third kappa shape index (κ3) is 3.77. The Morgan fingerprint density at radius 3 is 2.11 bits per heavy atom. The molecule has 0 heterocycles. The average Bonchev–Trinajstić information content (AvgIpc) is 1.82. The van der Waals surface area contributed by atoms with Crippen LogP contribution in [0.4, 0.5) is 0 Å². The molecular weight excluding hydrogens is 136 g/mol. The molecule has 0 spiro atoms. The molecule has 56 valence electrons. The quantitative estimate of drug-likeness (QED) is 0.560. The molecular formula is C7H15ClO. The van der Waals surface area contributed by atoms with E-state index in [1.165, 1.54) is 0 Å². The first-order valence-corrected chi connectivity index (χ1v) is 3.91. The lowest BCUT2D eigenvalue weighted by molar-refractivity contribution is 0.0603. The summed E-state index contributed by atoms with van der Waals surface area (Å²) in [5.41, 5.74) is 0. The van der Waals surface area contributed by atoms with Crippen LogP contribution >= 0.6 is 11.6 Å². The monoisotopic (exact) mass is 150 g/mol. The van der Waals surface area contributed by atoms with E-state index in [9.17, 15) is 0 Å². The smallest absolute Gasteiger partial charge is 0.0733 e. The van der Waals surface area contributed by atoms with Crippen LogP contribution in [0, 0.1) is 0 Å². The van der Waals surface area contributed by atoms with Gasteiger partial charge in [0.15, 0.2) is 0 Å². The number of hydrogen-bond acceptors (Lipinski definition) is 1. The third-order valence-corrected chi connectivity index (χ3v) is 1.58. The average molecular weight is 151 g/mol. The lowest BCUT2D eigenvalue weighted by Crippen LogP contribution is -2.20. The highest BCUT2D eigenvalue weighted by Crippen LogP contribution is 2.09. The van der Waals surface area contributed by atoms with Gasteiger partial charge in [-0.15, -0.1) is 11.6 Å². The molecule has 2 atom stereocenters. The van der Waals surface area contributed by atoms with Crippen molar-refractivity contribution in [2.75, 3.05) is 6.61 Å². The minimum absolute atomic E-state index is 0.134. The zero-order chi connectivity index (χ0) is 7.28. The van der Waals surface area contributed by atoms with Crippen LogP contribution in [0.5, 0.6) is 0 Å². The van der Waals surface area contributed by atoms with Crippen LogP contribution in [0.25, 0.3) is 0 Å². The molecule has 0 bridgehead atoms. The van der Waals surface area contributed by atoms with Crippen LogP contribution in [-0.2, 0) is 4.74 Å². The fraction of sp³-hybridized carbons (Fsp3) is 1.00. The fourth-order valence-electron chi connectivity index (χ4n) is 0.789. The molecule has 0 rings (SSSR count). The van der Waals surface area contributed by atoms with Gasteiger partial charge in [-0.25, -0.2) is 0 Å². The lowest BCUT2D eigenvalue weighted by Gasteiger charge is -2.16. The SMILES string of the molecule is CCOC(CC)C(C)Cl. The Hall–Kier alpha value is 0.250. The van der Waals surface area contributed by atoms with E-state index in [0.717, 1.165) is 13.0 Å². The predicted molar refractivity (Wildman–Crippen MR) is 41.0 cm³/mol. The van der Waals surface area contributed by atoms with Crippen LogP contribution in [0.1, 0.15) is 27.2 Å². The molecule has 0 saturated heterocycles. The normalized spacial score (nSPS) is 17.3. The van der Waals surface area contributed by atoms with Crippen molar-refractivity contribution < 1.29 is 4.74 Å². The zero-order valence-electron chi connectivity index (χ0n) is 6.36. The maximum Gasteiger partial charge on any atom is 0.0733 e. The van der Waals surface area contributed by atoms with Gasteiger partial charge in [-0.2, -0.15) is 0 Å². The summed E-state index contributed by atoms with van der Waals surface area (Å²) in [5.74, 6) is 0. The topological polar surface area (TPSA) is 9.23 Å². The zero-order valence-corrected chi connectivity index (χ0v) is 7.11. The van der Waals surface area contributed by atoms with Gasteiger partial charge in [0.2, 0.25) is 0 Å². The van der Waals surface area contributed by atoms with Gasteiger partial charge >= 0.3 is 0 Å². The molecule has 0 aliphatic rings. The summed E-state index contributed by atoms with van der Waals surface area (Å²) in [6.45, 7) is 6.79. The van der Waals surface area contributed by atoms with Gasteiger partial charge in [0.25, 0.3) is 0 Å². The van der Waals surface area contributed by atoms with E-state index in [1.807, 2.05) is 13.8 Å². The summed E-state index contributed by atoms with van der Waals surface area (Å²) in [6, 6.07) is 0. The number of halogens is 1. The highest BCUT2D eigenvalue weighted by atomic mass is 35.5. The van der Waals surface area contributed by atoms with Crippen molar-refractivity contribution in [2.45, 2.75) is 38.7 Å². The van der Waals surface area contributed by atoms with Gasteiger partial charge in [0.1, 0.15) is 0 Å². The van der Waals surface area contributed by atoms with Crippen LogP contribution in [0.15, 0.2) is 0 Å². The highest BCUT2D eigenvalue weighted by Gasteiger charge is 2.10. The summed E-state index contributed by atoms with van der Waals surface area (Å²) in [7, 11) is 0. The standard InChI is InChI=1S/C7H15ClO/c1-4-7(6(3)8)9-5-2/h6-7H,4-5H2,1-3H3. The Labute approximate surface area is 62.3 Å². The van der Waals surface area contributed by atoms with E-state index in [0.29, 0.717) is 0 Å². The van der Waals surface area contributed by atoms with Gasteiger partial charge in [-0.05, 0) is 20.3 Å². The summed E-state index contributed by atoms with van der Waals surface area (Å²) < 4.78 is 5.32. The van der Waals surface area contributed by atoms with E-state index in [-0.39, 0.29) is 11.5 Å². The summed E-state index contributed by atoms with van der Waals surface area (Å²) in [6.07, 6.45) is 1.23. The molecule has 0 N–H and O–H groups in total. The van der Waals surface area contributed by atoms with Gasteiger partial charge in [0, 0.05) is 6.61 Å². The van der Waals surface area contributed by atoms with E-state index in [4.69, 9.17) is 16.3 Å². The molecule has 0 aliphatic carbocycles. The molecule has 0 aliphatic heterocycles. The second kappa shape index (κ2) is 5.07. The Morgan fingerprint density at radius 2 is 2.00 bits per heavy atom. The van der Waals surface area contributed by atoms with Crippen LogP contribution in [0.3, 0.4) is 0 Å². The van der Waals surface area contributed by atoms with Gasteiger partial charge in [-0.3, -0.25) is 0 Å². The van der Waals surface area contributed by atoms with Crippen molar-refractivity contribution in [3.05, 3.63) is 0 Å². The molecule has 0 radical (unpaired) electrons. The fourth-order valence-corrected chi connectivity index (χ4v) is 1.04. The van der Waals surface area contributed by atoms with Crippen LogP contribution in [0.2, 0.25) is 0 Å². The molecule has 2 heteroatoms. The molecule has 0 aromatic carbocycles. The largest absolute Gasteiger partial charge is 0.377 e. The number of ether oxygens (including phenoxy) is 1. The highest BCUT2D eigenvalue weighted by molar-refractivity contribution is 6.20. The van der Waals surface area contributed by atoms with Gasteiger partial charge in [-0.1, -0.05) is 6.92 Å². The second-order valence-corrected chi connectivity index (χ2v) is 2.77. The third-order valence-electron chi connectivity index (χ3n) is 1.30. The first-order chi connectivity index (χ1) is 4.22. The molecule has 0 amide bonds. The van der Waals surface area contributed by atoms with Gasteiger partial charge in [0.05, 0.1) is 11.5 Å². The Kier molecular flexibility index (Phi) is 5.21. The van der Waals surface area contributed by atoms with Crippen molar-refractivity contribution in [1.82, 2.24) is 0 Å². The summed E-state index contributed by atoms with van der Waals surface area (Å²) in [5, 5.41) is 0.134. The van der Waals surface area contributed by atoms with E-state index in [1.54, 1.807) is 0 Å². The van der Waals surface area contributed by atoms with Crippen molar-refractivity contribution in [3.63, 3.8) is 0 Å². The second-order valence-electron chi connectivity index (χ2n) is 2.08. The van der Waals surface area contributed by atoms with Crippen LogP contribution < -0.4 is 0 Å². The number of rotatable bonds is 4. The maximum atomic E-state index is 5.80. The van der Waals surface area contributed by atoms with Crippen LogP contribution in [-0.4, -0.2) is 18.1 Å². The van der Waals surface area contributed by atoms with Crippen molar-refractivity contribution in [2.24, 2.45) is 0 Å². The van der Waals surface area contributed by atoms with E-state index < -0.39 is 0 Å². The minimum atomic E-state index is 0.134. The first kappa shape index (κ1) is 9.25. The lowest BCUT2D eigenvalue weighted by atomic mass is 10.2. The molecule has 2 unspecified atom stereocenters. The van der Waals surface area contributed by atoms with Crippen molar-refractivity contribution in [3.8, 4) is 0 Å². The van der Waals surface area contributed by atoms with Crippen molar-refractivity contribution >= 4 is 11.6 Å². The summed E-state index contributed by atoms with van der Waals surface area (Å²) >= 11 is 5.80. The molecule has 9 heavy (non-hydrogen) atoms. The van der Waals surface area contributed by atoms with E-state index >= 15 is 0 Å². The first-order valence-electron chi connectivity index (χ1n) is 3.48. The molecule has 0 saturated carbocycles. The minimum Gasteiger partial charge on any atom is -0.377 e. The Bertz CT molecular complexity index is 63.9. The molecule has 0 fully saturated rings. The number of hydrogen-bond donors (Lipinski definition) is 0. The molecule has 1 nitrogen and oxygen atoms in total. The summed E-state index contributed by atoms with van der Waals surface area (Å²) in [4.78, 5) is 0. The Balaban J connectivity index is 3.41. The van der Waals surface area contributed by atoms with Crippen molar-refractivity contribution in [1.29, 1.82) is 0 Å². The van der Waals surface area contributed by atoms with E-state index in [2.05, 4.69) is 6.92 Å². The predicted octanol–water partition coefficient (Wildman–Crippen LogP) is 2.43. The number of alkyl halides is 1. The molecule has 0 aromatic heterocycles. The Morgan fingerprint density at radius 1 is 1.44 bits per heavy atom. The van der Waals surface area contributed by atoms with Gasteiger partial charge < -0.3 is 4.74 Å².